The Kier molecular flexibility index (Phi) is 5.88. The van der Waals surface area contributed by atoms with Crippen molar-refractivity contribution in [2.45, 2.75) is 44.4 Å². The van der Waals surface area contributed by atoms with Gasteiger partial charge in [-0.2, -0.15) is 13.2 Å². The number of aromatic nitrogens is 1. The van der Waals surface area contributed by atoms with Gasteiger partial charge in [0.05, 0.1) is 21.0 Å². The van der Waals surface area contributed by atoms with Gasteiger partial charge in [0.1, 0.15) is 6.04 Å². The van der Waals surface area contributed by atoms with E-state index in [1.807, 2.05) is 0 Å². The van der Waals surface area contributed by atoms with Crippen molar-refractivity contribution in [3.63, 3.8) is 0 Å². The van der Waals surface area contributed by atoms with E-state index in [4.69, 9.17) is 0 Å². The maximum absolute atomic E-state index is 13.2. The molecular weight excluding hydrogens is 457 g/mol. The molecule has 1 aliphatic rings. The first-order valence-corrected chi connectivity index (χ1v) is 11.3. The summed E-state index contributed by atoms with van der Waals surface area (Å²) in [6.45, 7) is 3.43. The molecule has 0 unspecified atom stereocenters. The Bertz CT molecular complexity index is 1180. The number of rotatable bonds is 5. The predicted molar refractivity (Wildman–Crippen MR) is 108 cm³/mol. The van der Waals surface area contributed by atoms with Gasteiger partial charge in [0.2, 0.25) is 15.9 Å². The number of halogens is 3. The second-order valence-electron chi connectivity index (χ2n) is 6.98. The average Bonchev–Trinajstić information content (AvgIpc) is 3.18. The normalized spacial score (nSPS) is 15.2. The number of aryl methyl sites for hydroxylation is 1. The molecule has 1 aliphatic heterocycles. The van der Waals surface area contributed by atoms with Gasteiger partial charge in [-0.05, 0) is 44.2 Å². The summed E-state index contributed by atoms with van der Waals surface area (Å²) in [5, 5.41) is 2.83. The Morgan fingerprint density at radius 2 is 1.97 bits per heavy atom. The molecule has 1 aromatic carbocycles. The lowest BCUT2D eigenvalue weighted by molar-refractivity contribution is -0.172. The Hall–Kier alpha value is -2.51. The maximum Gasteiger partial charge on any atom is 0.408 e. The molecule has 31 heavy (non-hydrogen) atoms. The van der Waals surface area contributed by atoms with Crippen LogP contribution in [0.3, 0.4) is 0 Å². The summed E-state index contributed by atoms with van der Waals surface area (Å²) in [5.74, 6) is -1.34. The van der Waals surface area contributed by atoms with E-state index in [1.54, 1.807) is 6.92 Å². The van der Waals surface area contributed by atoms with Gasteiger partial charge in [0.15, 0.2) is 5.13 Å². The highest BCUT2D eigenvalue weighted by Gasteiger charge is 2.46. The first kappa shape index (κ1) is 23.2. The minimum atomic E-state index is -4.66. The summed E-state index contributed by atoms with van der Waals surface area (Å²) in [7, 11) is -3.01. The second kappa shape index (κ2) is 7.88. The summed E-state index contributed by atoms with van der Waals surface area (Å²) in [6.07, 6.45) is -4.66. The number of anilines is 1. The van der Waals surface area contributed by atoms with Crippen LogP contribution in [0.1, 0.15) is 35.5 Å². The van der Waals surface area contributed by atoms with Crippen LogP contribution >= 0.6 is 11.3 Å². The molecule has 13 heteroatoms. The minimum absolute atomic E-state index is 0.168. The third-order valence-electron chi connectivity index (χ3n) is 4.84. The summed E-state index contributed by atoms with van der Waals surface area (Å²) < 4.78 is 67.1. The number of hydrogen-bond acceptors (Lipinski definition) is 6. The molecule has 2 N–H and O–H groups in total. The number of alkyl halides is 3. The zero-order chi connectivity index (χ0) is 23.3. The fourth-order valence-corrected chi connectivity index (χ4v) is 5.24. The summed E-state index contributed by atoms with van der Waals surface area (Å²) in [4.78, 5) is 29.0. The highest BCUT2D eigenvalue weighted by atomic mass is 32.2. The number of carbonyl (C=O) groups excluding carboxylic acids is 2. The van der Waals surface area contributed by atoms with E-state index >= 15 is 0 Å². The lowest BCUT2D eigenvalue weighted by Crippen LogP contribution is -2.43. The van der Waals surface area contributed by atoms with Crippen LogP contribution in [0.25, 0.3) is 10.4 Å². The summed E-state index contributed by atoms with van der Waals surface area (Å²) >= 11 is 1.09. The van der Waals surface area contributed by atoms with Crippen molar-refractivity contribution in [1.29, 1.82) is 0 Å². The van der Waals surface area contributed by atoms with Crippen LogP contribution in [0.2, 0.25) is 0 Å². The van der Waals surface area contributed by atoms with Crippen LogP contribution in [-0.4, -0.2) is 49.4 Å². The maximum atomic E-state index is 13.2. The molecule has 0 fully saturated rings. The Labute approximate surface area is 180 Å². The number of amides is 2. The van der Waals surface area contributed by atoms with Gasteiger partial charge in [0, 0.05) is 13.5 Å². The monoisotopic (exact) mass is 476 g/mol. The van der Waals surface area contributed by atoms with Crippen LogP contribution in [0.5, 0.6) is 0 Å². The molecule has 0 saturated carbocycles. The third kappa shape index (κ3) is 4.29. The predicted octanol–water partition coefficient (Wildman–Crippen LogP) is 2.89. The van der Waals surface area contributed by atoms with E-state index in [2.05, 4.69) is 15.0 Å². The van der Waals surface area contributed by atoms with Crippen molar-refractivity contribution in [2.75, 3.05) is 12.4 Å². The lowest BCUT2D eigenvalue weighted by atomic mass is 10.0. The fourth-order valence-electron chi connectivity index (χ4n) is 3.25. The lowest BCUT2D eigenvalue weighted by Gasteiger charge is -2.26. The largest absolute Gasteiger partial charge is 0.408 e. The molecule has 0 aliphatic carbocycles. The van der Waals surface area contributed by atoms with Crippen molar-refractivity contribution in [3.05, 3.63) is 29.0 Å². The first-order chi connectivity index (χ1) is 14.3. The number of nitrogens with zero attached hydrogens (tertiary/aromatic N) is 2. The Morgan fingerprint density at radius 1 is 1.32 bits per heavy atom. The number of hydrogen-bond donors (Lipinski definition) is 2. The van der Waals surface area contributed by atoms with Crippen molar-refractivity contribution in [2.24, 2.45) is 0 Å². The number of nitrogens with one attached hydrogen (secondary N) is 2. The molecule has 0 saturated heterocycles. The molecular formula is C18H19F3N4O4S2. The number of thiazole rings is 1. The molecule has 0 spiro atoms. The van der Waals surface area contributed by atoms with E-state index in [0.29, 0.717) is 26.2 Å². The van der Waals surface area contributed by atoms with Gasteiger partial charge in [-0.25, -0.2) is 18.1 Å². The zero-order valence-electron chi connectivity index (χ0n) is 16.9. The summed E-state index contributed by atoms with van der Waals surface area (Å²) in [5.41, 5.74) is 0.750. The van der Waals surface area contributed by atoms with Crippen LogP contribution in [0.4, 0.5) is 18.3 Å². The van der Waals surface area contributed by atoms with Crippen LogP contribution in [0.15, 0.2) is 17.0 Å². The molecule has 0 radical (unpaired) electrons. The molecule has 168 valence electrons. The zero-order valence-corrected chi connectivity index (χ0v) is 18.5. The van der Waals surface area contributed by atoms with Crippen molar-refractivity contribution in [1.82, 2.24) is 14.6 Å². The molecule has 2 amide bonds. The average molecular weight is 477 g/mol. The molecule has 2 heterocycles. The van der Waals surface area contributed by atoms with Gasteiger partial charge in [-0.1, -0.05) is 11.3 Å². The van der Waals surface area contributed by atoms with Gasteiger partial charge >= 0.3 is 6.18 Å². The molecule has 1 aromatic heterocycles. The molecule has 3 rings (SSSR count). The number of carbonyl (C=O) groups is 2. The highest BCUT2D eigenvalue weighted by Crippen LogP contribution is 2.40. The van der Waals surface area contributed by atoms with E-state index in [0.717, 1.165) is 25.3 Å². The van der Waals surface area contributed by atoms with E-state index in [1.165, 1.54) is 19.1 Å². The number of sulfonamides is 1. The smallest absolute Gasteiger partial charge is 0.322 e. The second-order valence-corrected chi connectivity index (χ2v) is 9.84. The van der Waals surface area contributed by atoms with Gasteiger partial charge in [-0.15, -0.1) is 0 Å². The molecule has 1 atom stereocenters. The third-order valence-corrected chi connectivity index (χ3v) is 7.40. The first-order valence-electron chi connectivity index (χ1n) is 8.99. The number of fused-ring (bicyclic) bond motifs is 1. The summed E-state index contributed by atoms with van der Waals surface area (Å²) in [6, 6.07) is 0.642. The molecule has 0 bridgehead atoms. The van der Waals surface area contributed by atoms with Crippen molar-refractivity contribution in [3.8, 4) is 10.4 Å². The Morgan fingerprint density at radius 3 is 2.52 bits per heavy atom. The Balaban J connectivity index is 2.18. The van der Waals surface area contributed by atoms with Crippen LogP contribution in [0, 0.1) is 6.92 Å². The fraction of sp³-hybridized carbons (Fsp3) is 0.389. The topological polar surface area (TPSA) is 108 Å². The quantitative estimate of drug-likeness (QED) is 0.690. The molecule has 2 aromatic rings. The number of benzene rings is 1. The van der Waals surface area contributed by atoms with Crippen LogP contribution < -0.4 is 10.0 Å². The van der Waals surface area contributed by atoms with Gasteiger partial charge in [0.25, 0.3) is 5.91 Å². The highest BCUT2D eigenvalue weighted by molar-refractivity contribution is 7.89. The van der Waals surface area contributed by atoms with Gasteiger partial charge < -0.3 is 10.2 Å². The van der Waals surface area contributed by atoms with Gasteiger partial charge in [-0.3, -0.25) is 9.59 Å². The SMILES string of the molecule is CNS(=O)(=O)c1cc(-c2sc(NC(C)=O)nc2C)cc2c1C(=O)N([C@@H](C)C(F)(F)F)C2. The van der Waals surface area contributed by atoms with Crippen LogP contribution in [-0.2, 0) is 21.4 Å². The van der Waals surface area contributed by atoms with E-state index < -0.39 is 33.0 Å². The standard InChI is InChI=1S/C18H19F3N4O4S2/c1-8-15(30-17(23-8)24-10(3)26)11-5-12-7-25(9(2)18(19,20)21)16(27)14(12)13(6-11)31(28,29)22-4/h5-6,9,22H,7H2,1-4H3,(H,23,24,26)/t9-/m0/s1. The molecule has 8 nitrogen and oxygen atoms in total. The van der Waals surface area contributed by atoms with E-state index in [-0.39, 0.29) is 23.6 Å². The van der Waals surface area contributed by atoms with Crippen molar-refractivity contribution < 1.29 is 31.2 Å². The van der Waals surface area contributed by atoms with E-state index in [9.17, 15) is 31.2 Å². The van der Waals surface area contributed by atoms with Crippen molar-refractivity contribution >= 4 is 38.3 Å². The minimum Gasteiger partial charge on any atom is -0.322 e.